The molecule has 1 saturated carbocycles. The Hall–Kier alpha value is -0.550. The zero-order valence-corrected chi connectivity index (χ0v) is 8.62. The van der Waals surface area contributed by atoms with Crippen LogP contribution in [0, 0.1) is 23.2 Å². The van der Waals surface area contributed by atoms with E-state index in [1.807, 2.05) is 6.92 Å². The monoisotopic (exact) mass is 181 g/mol. The predicted molar refractivity (Wildman–Crippen MR) is 52.1 cm³/mol. The largest absolute Gasteiger partial charge is 0.377 e. The van der Waals surface area contributed by atoms with Gasteiger partial charge in [-0.1, -0.05) is 13.3 Å². The molecule has 1 aliphatic carbocycles. The molecule has 0 aromatic carbocycles. The first-order valence-corrected chi connectivity index (χ1v) is 5.33. The van der Waals surface area contributed by atoms with Gasteiger partial charge in [0.15, 0.2) is 0 Å². The molecule has 0 heterocycles. The molecule has 3 atom stereocenters. The number of rotatable bonds is 3. The molecule has 1 rings (SSSR count). The first-order chi connectivity index (χ1) is 6.31. The summed E-state index contributed by atoms with van der Waals surface area (Å²) in [4.78, 5) is 0. The van der Waals surface area contributed by atoms with E-state index in [0.717, 1.165) is 25.4 Å². The Balaban J connectivity index is 2.48. The second-order valence-corrected chi connectivity index (χ2v) is 3.82. The molecule has 0 aliphatic heterocycles. The molecule has 0 N–H and O–H groups in total. The highest BCUT2D eigenvalue weighted by atomic mass is 16.5. The number of nitrogens with zero attached hydrogens (tertiary/aromatic N) is 1. The van der Waals surface area contributed by atoms with E-state index in [9.17, 15) is 0 Å². The van der Waals surface area contributed by atoms with Crippen molar-refractivity contribution in [3.05, 3.63) is 0 Å². The predicted octanol–water partition coefficient (Wildman–Crippen LogP) is 2.74. The lowest BCUT2D eigenvalue weighted by Crippen LogP contribution is -2.30. The first-order valence-electron chi connectivity index (χ1n) is 5.33. The molecule has 0 amide bonds. The summed E-state index contributed by atoms with van der Waals surface area (Å²) in [6.07, 6.45) is 4.75. The molecule has 2 nitrogen and oxygen atoms in total. The maximum atomic E-state index is 8.92. The quantitative estimate of drug-likeness (QED) is 0.670. The van der Waals surface area contributed by atoms with E-state index in [-0.39, 0.29) is 12.0 Å². The van der Waals surface area contributed by atoms with Crippen molar-refractivity contribution in [1.82, 2.24) is 0 Å². The van der Waals surface area contributed by atoms with E-state index in [1.54, 1.807) is 0 Å². The van der Waals surface area contributed by atoms with Gasteiger partial charge in [-0.2, -0.15) is 5.26 Å². The van der Waals surface area contributed by atoms with Crippen molar-refractivity contribution < 1.29 is 4.74 Å². The Morgan fingerprint density at radius 1 is 1.38 bits per heavy atom. The van der Waals surface area contributed by atoms with Crippen molar-refractivity contribution in [2.75, 3.05) is 6.61 Å². The Morgan fingerprint density at radius 2 is 2.15 bits per heavy atom. The minimum Gasteiger partial charge on any atom is -0.377 e. The number of hydrogen-bond donors (Lipinski definition) is 0. The van der Waals surface area contributed by atoms with Gasteiger partial charge in [0, 0.05) is 6.61 Å². The lowest BCUT2D eigenvalue weighted by atomic mass is 9.79. The van der Waals surface area contributed by atoms with Gasteiger partial charge < -0.3 is 4.74 Å². The van der Waals surface area contributed by atoms with Crippen LogP contribution in [0.25, 0.3) is 0 Å². The Kier molecular flexibility index (Phi) is 4.24. The van der Waals surface area contributed by atoms with Crippen LogP contribution in [0.1, 0.15) is 39.5 Å². The Labute approximate surface area is 80.9 Å². The van der Waals surface area contributed by atoms with Crippen LogP contribution in [0.5, 0.6) is 0 Å². The summed E-state index contributed by atoms with van der Waals surface area (Å²) in [5.74, 6) is 0.920. The summed E-state index contributed by atoms with van der Waals surface area (Å²) in [6.45, 7) is 4.96. The number of ether oxygens (including phenoxy) is 1. The maximum Gasteiger partial charge on any atom is 0.0735 e. The maximum absolute atomic E-state index is 8.92. The smallest absolute Gasteiger partial charge is 0.0735 e. The van der Waals surface area contributed by atoms with Crippen molar-refractivity contribution in [2.24, 2.45) is 11.8 Å². The molecule has 0 bridgehead atoms. The Morgan fingerprint density at radius 3 is 2.69 bits per heavy atom. The van der Waals surface area contributed by atoms with Gasteiger partial charge in [0.25, 0.3) is 0 Å². The van der Waals surface area contributed by atoms with E-state index in [1.165, 1.54) is 12.8 Å². The van der Waals surface area contributed by atoms with Crippen molar-refractivity contribution in [3.8, 4) is 6.07 Å². The fourth-order valence-corrected chi connectivity index (χ4v) is 2.13. The average molecular weight is 181 g/mol. The minimum atomic E-state index is 0.141. The summed E-state index contributed by atoms with van der Waals surface area (Å²) in [6, 6.07) is 2.36. The fraction of sp³-hybridized carbons (Fsp3) is 0.909. The summed E-state index contributed by atoms with van der Waals surface area (Å²) in [5.41, 5.74) is 0. The lowest BCUT2D eigenvalue weighted by molar-refractivity contribution is -0.00347. The van der Waals surface area contributed by atoms with Crippen molar-refractivity contribution in [1.29, 1.82) is 5.26 Å². The third-order valence-electron chi connectivity index (χ3n) is 3.02. The van der Waals surface area contributed by atoms with Gasteiger partial charge in [0.05, 0.1) is 18.1 Å². The van der Waals surface area contributed by atoms with Crippen molar-refractivity contribution >= 4 is 0 Å². The molecule has 0 aromatic heterocycles. The topological polar surface area (TPSA) is 33.0 Å². The molecule has 13 heavy (non-hydrogen) atoms. The fourth-order valence-electron chi connectivity index (χ4n) is 2.13. The van der Waals surface area contributed by atoms with Crippen molar-refractivity contribution in [3.63, 3.8) is 0 Å². The van der Waals surface area contributed by atoms with Gasteiger partial charge in [-0.05, 0) is 32.1 Å². The first kappa shape index (κ1) is 10.5. The van der Waals surface area contributed by atoms with Gasteiger partial charge in [0.2, 0.25) is 0 Å². The van der Waals surface area contributed by atoms with E-state index in [0.29, 0.717) is 0 Å². The molecule has 3 unspecified atom stereocenters. The second-order valence-electron chi connectivity index (χ2n) is 3.82. The average Bonchev–Trinajstić information content (AvgIpc) is 2.18. The third kappa shape index (κ3) is 2.70. The normalized spacial score (nSPS) is 34.1. The number of hydrogen-bond acceptors (Lipinski definition) is 2. The standard InChI is InChI=1S/C11H19NO/c1-3-9-5-6-10(8-12)11(7-9)13-4-2/h9-11H,3-7H2,1-2H3. The SMILES string of the molecule is CCOC1CC(CC)CCC1C#N. The highest BCUT2D eigenvalue weighted by Crippen LogP contribution is 2.32. The molecule has 0 radical (unpaired) electrons. The summed E-state index contributed by atoms with van der Waals surface area (Å²) in [5, 5.41) is 8.92. The van der Waals surface area contributed by atoms with Crippen LogP contribution in [0.3, 0.4) is 0 Å². The van der Waals surface area contributed by atoms with Gasteiger partial charge in [0.1, 0.15) is 0 Å². The van der Waals surface area contributed by atoms with Crippen LogP contribution in [-0.4, -0.2) is 12.7 Å². The van der Waals surface area contributed by atoms with Gasteiger partial charge in [-0.3, -0.25) is 0 Å². The zero-order valence-electron chi connectivity index (χ0n) is 8.62. The lowest BCUT2D eigenvalue weighted by Gasteiger charge is -2.31. The van der Waals surface area contributed by atoms with Crippen LogP contribution in [0.2, 0.25) is 0 Å². The molecule has 0 saturated heterocycles. The van der Waals surface area contributed by atoms with Crippen LogP contribution in [0.15, 0.2) is 0 Å². The van der Waals surface area contributed by atoms with Crippen molar-refractivity contribution in [2.45, 2.75) is 45.6 Å². The molecule has 0 aromatic rings. The molecular formula is C11H19NO. The van der Waals surface area contributed by atoms with E-state index >= 15 is 0 Å². The van der Waals surface area contributed by atoms with Gasteiger partial charge in [-0.25, -0.2) is 0 Å². The molecule has 74 valence electrons. The van der Waals surface area contributed by atoms with Crippen LogP contribution < -0.4 is 0 Å². The zero-order chi connectivity index (χ0) is 9.68. The van der Waals surface area contributed by atoms with Crippen LogP contribution >= 0.6 is 0 Å². The van der Waals surface area contributed by atoms with Gasteiger partial charge >= 0.3 is 0 Å². The van der Waals surface area contributed by atoms with Crippen LogP contribution in [-0.2, 0) is 4.74 Å². The highest BCUT2D eigenvalue weighted by molar-refractivity contribution is 4.93. The molecule has 1 aliphatic rings. The van der Waals surface area contributed by atoms with E-state index in [2.05, 4.69) is 13.0 Å². The molecule has 1 fully saturated rings. The minimum absolute atomic E-state index is 0.141. The van der Waals surface area contributed by atoms with Gasteiger partial charge in [-0.15, -0.1) is 0 Å². The molecular weight excluding hydrogens is 162 g/mol. The number of nitriles is 1. The second kappa shape index (κ2) is 5.24. The molecule has 2 heteroatoms. The summed E-state index contributed by atoms with van der Waals surface area (Å²) >= 11 is 0. The highest BCUT2D eigenvalue weighted by Gasteiger charge is 2.29. The summed E-state index contributed by atoms with van der Waals surface area (Å²) in [7, 11) is 0. The molecule has 0 spiro atoms. The van der Waals surface area contributed by atoms with Crippen LogP contribution in [0.4, 0.5) is 0 Å². The Bertz CT molecular complexity index is 185. The third-order valence-corrected chi connectivity index (χ3v) is 3.02. The summed E-state index contributed by atoms with van der Waals surface area (Å²) < 4.78 is 5.60. The van der Waals surface area contributed by atoms with E-state index in [4.69, 9.17) is 10.00 Å². The van der Waals surface area contributed by atoms with E-state index < -0.39 is 0 Å².